The number of nitrogens with one attached hydrogen (secondary N) is 1. The normalized spacial score (nSPS) is 16.4. The maximum absolute atomic E-state index is 12.3. The van der Waals surface area contributed by atoms with Crippen LogP contribution in [0, 0.1) is 10.1 Å². The Morgan fingerprint density at radius 2 is 1.88 bits per heavy atom. The van der Waals surface area contributed by atoms with Crippen LogP contribution in [0.15, 0.2) is 18.2 Å². The zero-order valence-electron chi connectivity index (χ0n) is 13.4. The molecule has 1 fully saturated rings. The molecule has 0 aliphatic heterocycles. The van der Waals surface area contributed by atoms with Gasteiger partial charge in [0.2, 0.25) is 0 Å². The van der Waals surface area contributed by atoms with Gasteiger partial charge in [0.1, 0.15) is 0 Å². The molecule has 1 aliphatic rings. The van der Waals surface area contributed by atoms with E-state index in [-0.39, 0.29) is 17.7 Å². The van der Waals surface area contributed by atoms with Gasteiger partial charge in [0, 0.05) is 31.4 Å². The molecule has 0 heterocycles. The molecule has 1 aliphatic carbocycles. The fraction of sp³-hybridized carbons (Fsp3) is 0.500. The van der Waals surface area contributed by atoms with Crippen molar-refractivity contribution in [2.45, 2.75) is 37.7 Å². The topological polar surface area (TPSA) is 119 Å². The minimum atomic E-state index is -1.33. The summed E-state index contributed by atoms with van der Waals surface area (Å²) in [5.74, 6) is -1.88. The lowest BCUT2D eigenvalue weighted by atomic mass is 9.84. The zero-order valence-corrected chi connectivity index (χ0v) is 13.4. The number of hydrogen-bond donors (Lipinski definition) is 2. The quantitative estimate of drug-likeness (QED) is 0.608. The Kier molecular flexibility index (Phi) is 5.50. The minimum absolute atomic E-state index is 0.0522. The van der Waals surface area contributed by atoms with Gasteiger partial charge in [0.15, 0.2) is 0 Å². The van der Waals surface area contributed by atoms with Crippen LogP contribution in [0.1, 0.15) is 52.8 Å². The summed E-state index contributed by atoms with van der Waals surface area (Å²) < 4.78 is 5.57. The minimum Gasteiger partial charge on any atom is -0.478 e. The molecule has 0 aromatic heterocycles. The molecule has 24 heavy (non-hydrogen) atoms. The smallest absolute Gasteiger partial charge is 0.335 e. The number of benzene rings is 1. The van der Waals surface area contributed by atoms with Crippen LogP contribution in [-0.2, 0) is 4.74 Å². The Balaban J connectivity index is 2.16. The lowest BCUT2D eigenvalue weighted by Gasteiger charge is -2.36. The number of methoxy groups -OCH3 is 1. The highest BCUT2D eigenvalue weighted by Crippen LogP contribution is 2.30. The molecule has 0 saturated heterocycles. The van der Waals surface area contributed by atoms with Gasteiger partial charge in [-0.05, 0) is 18.9 Å². The number of carboxylic acids is 1. The molecule has 0 bridgehead atoms. The number of non-ortho nitro benzene ring substituents is 1. The van der Waals surface area contributed by atoms with Crippen LogP contribution in [0.3, 0.4) is 0 Å². The highest BCUT2D eigenvalue weighted by molar-refractivity contribution is 5.98. The number of nitro benzene ring substituents is 1. The predicted molar refractivity (Wildman–Crippen MR) is 85.2 cm³/mol. The van der Waals surface area contributed by atoms with E-state index in [2.05, 4.69) is 5.32 Å². The second-order valence-corrected chi connectivity index (χ2v) is 5.96. The third kappa shape index (κ3) is 4.08. The lowest BCUT2D eigenvalue weighted by Crippen LogP contribution is -2.45. The fourth-order valence-electron chi connectivity index (χ4n) is 2.96. The van der Waals surface area contributed by atoms with Crippen LogP contribution in [-0.4, -0.2) is 41.2 Å². The number of amides is 1. The number of nitrogens with zero attached hydrogens (tertiary/aromatic N) is 1. The van der Waals surface area contributed by atoms with Crippen LogP contribution >= 0.6 is 0 Å². The van der Waals surface area contributed by atoms with E-state index in [1.54, 1.807) is 7.11 Å². The molecule has 0 atom stereocenters. The first-order valence-electron chi connectivity index (χ1n) is 7.73. The Morgan fingerprint density at radius 3 is 2.42 bits per heavy atom. The summed E-state index contributed by atoms with van der Waals surface area (Å²) in [5, 5.41) is 22.7. The number of carbonyl (C=O) groups is 2. The Labute approximate surface area is 139 Å². The van der Waals surface area contributed by atoms with Gasteiger partial charge >= 0.3 is 5.97 Å². The number of nitro groups is 1. The van der Waals surface area contributed by atoms with E-state index < -0.39 is 28.1 Å². The van der Waals surface area contributed by atoms with Gasteiger partial charge in [0.25, 0.3) is 11.6 Å². The highest BCUT2D eigenvalue weighted by Gasteiger charge is 2.32. The molecule has 2 N–H and O–H groups in total. The predicted octanol–water partition coefficient (Wildman–Crippen LogP) is 2.37. The third-order valence-corrected chi connectivity index (χ3v) is 4.41. The largest absolute Gasteiger partial charge is 0.478 e. The van der Waals surface area contributed by atoms with Gasteiger partial charge in [-0.3, -0.25) is 14.9 Å². The van der Waals surface area contributed by atoms with Crippen LogP contribution in [0.4, 0.5) is 5.69 Å². The van der Waals surface area contributed by atoms with Gasteiger partial charge in [-0.2, -0.15) is 0 Å². The van der Waals surface area contributed by atoms with Crippen molar-refractivity contribution in [3.05, 3.63) is 39.4 Å². The first-order chi connectivity index (χ1) is 11.4. The van der Waals surface area contributed by atoms with Crippen molar-refractivity contribution in [3.8, 4) is 0 Å². The Bertz CT molecular complexity index is 620. The molecule has 2 rings (SSSR count). The molecule has 8 heteroatoms. The summed E-state index contributed by atoms with van der Waals surface area (Å²) >= 11 is 0. The molecular weight excluding hydrogens is 316 g/mol. The van der Waals surface area contributed by atoms with Gasteiger partial charge in [-0.25, -0.2) is 4.79 Å². The number of aromatic carboxylic acids is 1. The van der Waals surface area contributed by atoms with Crippen molar-refractivity contribution < 1.29 is 24.4 Å². The number of ether oxygens (including phenoxy) is 1. The van der Waals surface area contributed by atoms with E-state index in [1.807, 2.05) is 0 Å². The first kappa shape index (κ1) is 17.9. The highest BCUT2D eigenvalue weighted by atomic mass is 16.6. The second-order valence-electron chi connectivity index (χ2n) is 5.96. The standard InChI is InChI=1S/C16H20N2O6/c1-24-16(5-3-2-4-6-16)10-17-14(19)11-7-12(15(20)21)9-13(8-11)18(22)23/h7-9H,2-6,10H2,1H3,(H,17,19)(H,20,21). The van der Waals surface area contributed by atoms with Crippen molar-refractivity contribution in [2.75, 3.05) is 13.7 Å². The number of hydrogen-bond acceptors (Lipinski definition) is 5. The first-order valence-corrected chi connectivity index (χ1v) is 7.73. The summed E-state index contributed by atoms with van der Waals surface area (Å²) in [6.45, 7) is 0.285. The van der Waals surface area contributed by atoms with Crippen LogP contribution in [0.5, 0.6) is 0 Å². The van der Waals surface area contributed by atoms with Crippen molar-refractivity contribution in [1.29, 1.82) is 0 Å². The molecule has 1 saturated carbocycles. The van der Waals surface area contributed by atoms with Gasteiger partial charge < -0.3 is 15.2 Å². The summed E-state index contributed by atoms with van der Waals surface area (Å²) in [6, 6.07) is 3.13. The van der Waals surface area contributed by atoms with Gasteiger partial charge in [0.05, 0.1) is 16.1 Å². The van der Waals surface area contributed by atoms with Crippen molar-refractivity contribution >= 4 is 17.6 Å². The van der Waals surface area contributed by atoms with E-state index in [1.165, 1.54) is 0 Å². The van der Waals surface area contributed by atoms with Crippen molar-refractivity contribution in [2.24, 2.45) is 0 Å². The fourth-order valence-corrected chi connectivity index (χ4v) is 2.96. The number of carboxylic acid groups (broad SMARTS) is 1. The molecule has 1 aromatic rings. The molecule has 130 valence electrons. The molecular formula is C16H20N2O6. The summed E-state index contributed by atoms with van der Waals surface area (Å²) in [5.41, 5.74) is -1.21. The average molecular weight is 336 g/mol. The van der Waals surface area contributed by atoms with E-state index in [0.29, 0.717) is 0 Å². The van der Waals surface area contributed by atoms with E-state index >= 15 is 0 Å². The van der Waals surface area contributed by atoms with Crippen LogP contribution in [0.2, 0.25) is 0 Å². The number of rotatable bonds is 6. The monoisotopic (exact) mass is 336 g/mol. The number of carbonyl (C=O) groups excluding carboxylic acids is 1. The van der Waals surface area contributed by atoms with Crippen molar-refractivity contribution in [3.63, 3.8) is 0 Å². The lowest BCUT2D eigenvalue weighted by molar-refractivity contribution is -0.384. The Morgan fingerprint density at radius 1 is 1.25 bits per heavy atom. The van der Waals surface area contributed by atoms with Gasteiger partial charge in [-0.15, -0.1) is 0 Å². The SMILES string of the molecule is COC1(CNC(=O)c2cc(C(=O)O)cc([N+](=O)[O-])c2)CCCCC1. The third-order valence-electron chi connectivity index (χ3n) is 4.41. The molecule has 1 aromatic carbocycles. The molecule has 1 amide bonds. The molecule has 0 radical (unpaired) electrons. The summed E-state index contributed by atoms with van der Waals surface area (Å²) in [7, 11) is 1.60. The zero-order chi connectivity index (χ0) is 17.7. The van der Waals surface area contributed by atoms with Crippen molar-refractivity contribution in [1.82, 2.24) is 5.32 Å². The molecule has 8 nitrogen and oxygen atoms in total. The van der Waals surface area contributed by atoms with Crippen LogP contribution in [0.25, 0.3) is 0 Å². The average Bonchev–Trinajstić information content (AvgIpc) is 2.60. The van der Waals surface area contributed by atoms with Crippen LogP contribution < -0.4 is 5.32 Å². The molecule has 0 unspecified atom stereocenters. The van der Waals surface area contributed by atoms with Gasteiger partial charge in [-0.1, -0.05) is 19.3 Å². The Hall–Kier alpha value is -2.48. The maximum atomic E-state index is 12.3. The summed E-state index contributed by atoms with van der Waals surface area (Å²) in [4.78, 5) is 33.6. The molecule has 0 spiro atoms. The van der Waals surface area contributed by atoms with E-state index in [0.717, 1.165) is 50.3 Å². The van der Waals surface area contributed by atoms with E-state index in [9.17, 15) is 19.7 Å². The maximum Gasteiger partial charge on any atom is 0.335 e. The van der Waals surface area contributed by atoms with E-state index in [4.69, 9.17) is 9.84 Å². The summed E-state index contributed by atoms with van der Waals surface area (Å²) in [6.07, 6.45) is 4.83. The second kappa shape index (κ2) is 7.39.